The molecular weight excluding hydrogens is 446 g/mol. The first-order chi connectivity index (χ1) is 15.6. The number of benzene rings is 2. The highest BCUT2D eigenvalue weighted by Crippen LogP contribution is 2.35. The van der Waals surface area contributed by atoms with Crippen LogP contribution in [-0.2, 0) is 22.3 Å². The third-order valence-electron chi connectivity index (χ3n) is 5.95. The van der Waals surface area contributed by atoms with Gasteiger partial charge in [-0.2, -0.15) is 4.31 Å². The fourth-order valence-electron chi connectivity index (χ4n) is 4.30. The van der Waals surface area contributed by atoms with Crippen LogP contribution in [0.5, 0.6) is 11.5 Å². The van der Waals surface area contributed by atoms with Crippen molar-refractivity contribution in [3.63, 3.8) is 0 Å². The molecule has 0 spiro atoms. The monoisotopic (exact) mass is 473 g/mol. The third kappa shape index (κ3) is 4.09. The number of hydrogen-bond acceptors (Lipinski definition) is 6. The summed E-state index contributed by atoms with van der Waals surface area (Å²) in [6.45, 7) is 5.19. The van der Waals surface area contributed by atoms with Gasteiger partial charge in [-0.25, -0.2) is 13.4 Å². The molecule has 0 amide bonds. The van der Waals surface area contributed by atoms with E-state index >= 15 is 0 Å². The molecule has 1 aromatic heterocycles. The smallest absolute Gasteiger partial charge is 0.243 e. The Balaban J connectivity index is 1.40. The van der Waals surface area contributed by atoms with E-state index in [1.165, 1.54) is 0 Å². The first-order valence-electron chi connectivity index (χ1n) is 11.1. The second-order valence-electron chi connectivity index (χ2n) is 7.98. The zero-order valence-corrected chi connectivity index (χ0v) is 19.8. The van der Waals surface area contributed by atoms with Crippen molar-refractivity contribution in [1.82, 2.24) is 13.9 Å². The van der Waals surface area contributed by atoms with Crippen molar-refractivity contribution in [1.29, 1.82) is 0 Å². The summed E-state index contributed by atoms with van der Waals surface area (Å²) >= 11 is 1.68. The van der Waals surface area contributed by atoms with Crippen LogP contribution < -0.4 is 9.47 Å². The van der Waals surface area contributed by atoms with E-state index in [-0.39, 0.29) is 0 Å². The van der Waals surface area contributed by atoms with E-state index in [0.717, 1.165) is 59.1 Å². The summed E-state index contributed by atoms with van der Waals surface area (Å²) in [6.07, 6.45) is 2.94. The van der Waals surface area contributed by atoms with Crippen molar-refractivity contribution in [2.24, 2.45) is 0 Å². The molecule has 0 unspecified atom stereocenters. The molecule has 0 N–H and O–H groups in total. The van der Waals surface area contributed by atoms with E-state index in [9.17, 15) is 8.42 Å². The summed E-state index contributed by atoms with van der Waals surface area (Å²) in [7, 11) is -3.47. The highest BCUT2D eigenvalue weighted by molar-refractivity contribution is 7.98. The molecule has 5 rings (SSSR count). The quantitative estimate of drug-likeness (QED) is 0.497. The average molecular weight is 474 g/mol. The van der Waals surface area contributed by atoms with E-state index < -0.39 is 10.0 Å². The molecule has 0 radical (unpaired) electrons. The van der Waals surface area contributed by atoms with Crippen molar-refractivity contribution >= 4 is 32.8 Å². The fourth-order valence-corrected chi connectivity index (χ4v) is 6.71. The highest BCUT2D eigenvalue weighted by Gasteiger charge is 2.26. The van der Waals surface area contributed by atoms with Crippen molar-refractivity contribution in [3.8, 4) is 11.5 Å². The molecule has 2 aliphatic rings. The molecule has 7 nitrogen and oxygen atoms in total. The van der Waals surface area contributed by atoms with Crippen LogP contribution in [0.1, 0.15) is 32.0 Å². The lowest BCUT2D eigenvalue weighted by Crippen LogP contribution is -2.35. The number of aryl methyl sites for hydroxylation is 1. The molecular formula is C23H27N3O4S2. The van der Waals surface area contributed by atoms with Gasteiger partial charge >= 0.3 is 0 Å². The minimum Gasteiger partial charge on any atom is -0.486 e. The third-order valence-corrected chi connectivity index (χ3v) is 8.83. The molecule has 0 bridgehead atoms. The molecule has 32 heavy (non-hydrogen) atoms. The highest BCUT2D eigenvalue weighted by atomic mass is 32.2. The zero-order valence-electron chi connectivity index (χ0n) is 18.1. The molecule has 0 aliphatic carbocycles. The second-order valence-corrected chi connectivity index (χ2v) is 11.0. The number of sulfonamides is 1. The molecule has 1 saturated heterocycles. The number of rotatable bonds is 6. The van der Waals surface area contributed by atoms with Crippen LogP contribution >= 0.6 is 11.8 Å². The van der Waals surface area contributed by atoms with Crippen molar-refractivity contribution in [3.05, 3.63) is 42.2 Å². The Hall–Kier alpha value is -2.23. The number of hydrogen-bond donors (Lipinski definition) is 0. The number of aromatic nitrogens is 2. The van der Waals surface area contributed by atoms with Gasteiger partial charge in [0.05, 0.1) is 21.7 Å². The van der Waals surface area contributed by atoms with Crippen molar-refractivity contribution < 1.29 is 17.9 Å². The maximum Gasteiger partial charge on any atom is 0.243 e. The first kappa shape index (κ1) is 21.6. The molecule has 2 aromatic carbocycles. The van der Waals surface area contributed by atoms with Gasteiger partial charge in [-0.05, 0) is 56.2 Å². The number of piperidine rings is 1. The van der Waals surface area contributed by atoms with Crippen LogP contribution in [0, 0.1) is 0 Å². The van der Waals surface area contributed by atoms with Gasteiger partial charge in [0, 0.05) is 24.5 Å². The number of thioether (sulfide) groups is 1. The number of fused-ring (bicyclic) bond motifs is 2. The fraction of sp³-hybridized carbons (Fsp3) is 0.435. The molecule has 170 valence electrons. The maximum absolute atomic E-state index is 13.1. The molecule has 0 saturated carbocycles. The standard InChI is InChI=1S/C23H27N3O4S2/c1-2-26-20-8-7-18(32(27,28)25-10-4-3-5-11-25)15-19(20)24-23(26)16-31-17-6-9-21-22(14-17)30-13-12-29-21/h6-9,14-15H,2-5,10-13,16H2,1H3. The van der Waals surface area contributed by atoms with Gasteiger partial charge in [-0.15, -0.1) is 11.8 Å². The first-order valence-corrected chi connectivity index (χ1v) is 13.5. The van der Waals surface area contributed by atoms with Gasteiger partial charge in [0.2, 0.25) is 10.0 Å². The lowest BCUT2D eigenvalue weighted by Gasteiger charge is -2.25. The van der Waals surface area contributed by atoms with Gasteiger partial charge in [0.15, 0.2) is 11.5 Å². The Kier molecular flexibility index (Phi) is 6.05. The summed E-state index contributed by atoms with van der Waals surface area (Å²) in [5.41, 5.74) is 1.69. The predicted molar refractivity (Wildman–Crippen MR) is 125 cm³/mol. The lowest BCUT2D eigenvalue weighted by molar-refractivity contribution is 0.171. The summed E-state index contributed by atoms with van der Waals surface area (Å²) in [4.78, 5) is 6.22. The van der Waals surface area contributed by atoms with Crippen LogP contribution in [0.4, 0.5) is 0 Å². The molecule has 3 aromatic rings. The van der Waals surface area contributed by atoms with Crippen molar-refractivity contribution in [2.75, 3.05) is 26.3 Å². The lowest BCUT2D eigenvalue weighted by atomic mass is 10.2. The zero-order chi connectivity index (χ0) is 22.1. The Morgan fingerprint density at radius 1 is 1.00 bits per heavy atom. The topological polar surface area (TPSA) is 73.7 Å². The van der Waals surface area contributed by atoms with Gasteiger partial charge < -0.3 is 14.0 Å². The van der Waals surface area contributed by atoms with E-state index in [1.807, 2.05) is 24.3 Å². The molecule has 0 atom stereocenters. The van der Waals surface area contributed by atoms with Gasteiger partial charge in [0.25, 0.3) is 0 Å². The number of nitrogens with zero attached hydrogens (tertiary/aromatic N) is 3. The Bertz CT molecular complexity index is 1230. The molecule has 3 heterocycles. The SMILES string of the molecule is CCn1c(CSc2ccc3c(c2)OCCO3)nc2cc(S(=O)(=O)N3CCCCC3)ccc21. The second kappa shape index (κ2) is 8.96. The molecule has 2 aliphatic heterocycles. The Morgan fingerprint density at radius 2 is 1.78 bits per heavy atom. The van der Waals surface area contributed by atoms with Gasteiger partial charge in [-0.3, -0.25) is 0 Å². The van der Waals surface area contributed by atoms with Crippen LogP contribution in [0.25, 0.3) is 11.0 Å². The normalized spacial score (nSPS) is 17.0. The van der Waals surface area contributed by atoms with Crippen LogP contribution in [-0.4, -0.2) is 48.6 Å². The van der Waals surface area contributed by atoms with Gasteiger partial charge in [-0.1, -0.05) is 6.42 Å². The summed E-state index contributed by atoms with van der Waals surface area (Å²) < 4.78 is 41.2. The maximum atomic E-state index is 13.1. The van der Waals surface area contributed by atoms with Crippen LogP contribution in [0.2, 0.25) is 0 Å². The van der Waals surface area contributed by atoms with E-state index in [4.69, 9.17) is 14.5 Å². The van der Waals surface area contributed by atoms with E-state index in [0.29, 0.717) is 37.0 Å². The number of imidazole rings is 1. The van der Waals surface area contributed by atoms with Crippen LogP contribution in [0.15, 0.2) is 46.2 Å². The largest absolute Gasteiger partial charge is 0.486 e. The minimum absolute atomic E-state index is 0.332. The van der Waals surface area contributed by atoms with Crippen LogP contribution in [0.3, 0.4) is 0 Å². The average Bonchev–Trinajstić information content (AvgIpc) is 3.20. The molecule has 1 fully saturated rings. The summed E-state index contributed by atoms with van der Waals surface area (Å²) in [5, 5.41) is 0. The van der Waals surface area contributed by atoms with E-state index in [2.05, 4.69) is 11.5 Å². The number of ether oxygens (including phenoxy) is 2. The van der Waals surface area contributed by atoms with Crippen molar-refractivity contribution in [2.45, 2.75) is 48.3 Å². The Labute approximate surface area is 192 Å². The summed E-state index contributed by atoms with van der Waals surface area (Å²) in [5.74, 6) is 3.16. The van der Waals surface area contributed by atoms with E-state index in [1.54, 1.807) is 28.2 Å². The predicted octanol–water partition coefficient (Wildman–Crippen LogP) is 4.29. The Morgan fingerprint density at radius 3 is 2.56 bits per heavy atom. The van der Waals surface area contributed by atoms with Gasteiger partial charge in [0.1, 0.15) is 19.0 Å². The summed E-state index contributed by atoms with van der Waals surface area (Å²) in [6, 6.07) is 11.3. The molecule has 9 heteroatoms. The minimum atomic E-state index is -3.47.